The minimum absolute atomic E-state index is 0.0485. The first kappa shape index (κ1) is 23.6. The van der Waals surface area contributed by atoms with E-state index in [0.29, 0.717) is 30.2 Å². The molecule has 2 aliphatic heterocycles. The van der Waals surface area contributed by atoms with Crippen molar-refractivity contribution in [2.75, 3.05) is 62.2 Å². The lowest BCUT2D eigenvalue weighted by molar-refractivity contribution is 0.232. The Labute approximate surface area is 209 Å². The Balaban J connectivity index is 1.18. The molecule has 2 aromatic heterocycles. The van der Waals surface area contributed by atoms with Crippen molar-refractivity contribution in [2.24, 2.45) is 0 Å². The number of halogens is 1. The van der Waals surface area contributed by atoms with Crippen molar-refractivity contribution < 1.29 is 9.52 Å². The van der Waals surface area contributed by atoms with E-state index in [4.69, 9.17) is 16.0 Å². The van der Waals surface area contributed by atoms with Gasteiger partial charge in [-0.2, -0.15) is 0 Å². The fourth-order valence-electron chi connectivity index (χ4n) is 4.66. The van der Waals surface area contributed by atoms with E-state index in [1.54, 1.807) is 18.5 Å². The first-order chi connectivity index (χ1) is 17.1. The normalized spacial score (nSPS) is 17.6. The van der Waals surface area contributed by atoms with Crippen LogP contribution in [-0.2, 0) is 13.1 Å². The summed E-state index contributed by atoms with van der Waals surface area (Å²) < 4.78 is 5.32. The van der Waals surface area contributed by atoms with Crippen LogP contribution in [0.4, 0.5) is 11.6 Å². The fourth-order valence-corrected chi connectivity index (χ4v) is 4.84. The predicted molar refractivity (Wildman–Crippen MR) is 135 cm³/mol. The molecule has 2 saturated heterocycles. The van der Waals surface area contributed by atoms with Crippen molar-refractivity contribution in [2.45, 2.75) is 13.1 Å². The predicted octanol–water partition coefficient (Wildman–Crippen LogP) is 2.43. The standard InChI is InChI=1S/C25H29ClN6O3/c26-20-3-1-4-21(15-20)31-11-7-29(8-12-31)16-19-18-35-24(34)22(23(19)33)17-30-9-13-32(14-10-30)25-27-5-2-6-28-25/h1-6,15,18,33H,7-14,16-17H2. The number of anilines is 2. The minimum Gasteiger partial charge on any atom is -0.507 e. The van der Waals surface area contributed by atoms with Crippen molar-refractivity contribution in [1.82, 2.24) is 19.8 Å². The van der Waals surface area contributed by atoms with E-state index in [2.05, 4.69) is 35.6 Å². The minimum atomic E-state index is -0.481. The van der Waals surface area contributed by atoms with Gasteiger partial charge in [0.25, 0.3) is 0 Å². The molecule has 0 spiro atoms. The third kappa shape index (κ3) is 5.58. The lowest BCUT2D eigenvalue weighted by Crippen LogP contribution is -2.47. The maximum absolute atomic E-state index is 12.5. The maximum Gasteiger partial charge on any atom is 0.343 e. The number of benzene rings is 1. The molecule has 3 aromatic rings. The van der Waals surface area contributed by atoms with E-state index in [-0.39, 0.29) is 5.75 Å². The van der Waals surface area contributed by atoms with Crippen LogP contribution >= 0.6 is 11.6 Å². The first-order valence-corrected chi connectivity index (χ1v) is 12.2. The summed E-state index contributed by atoms with van der Waals surface area (Å²) in [6.45, 7) is 7.28. The van der Waals surface area contributed by atoms with E-state index >= 15 is 0 Å². The highest BCUT2D eigenvalue weighted by atomic mass is 35.5. The summed E-state index contributed by atoms with van der Waals surface area (Å²) >= 11 is 6.14. The summed E-state index contributed by atoms with van der Waals surface area (Å²) in [6, 6.07) is 9.69. The highest BCUT2D eigenvalue weighted by molar-refractivity contribution is 6.30. The zero-order valence-electron chi connectivity index (χ0n) is 19.5. The van der Waals surface area contributed by atoms with Crippen molar-refractivity contribution in [3.8, 4) is 5.75 Å². The van der Waals surface area contributed by atoms with Gasteiger partial charge in [-0.15, -0.1) is 0 Å². The van der Waals surface area contributed by atoms with Crippen LogP contribution in [0.1, 0.15) is 11.1 Å². The van der Waals surface area contributed by atoms with Crippen LogP contribution in [0, 0.1) is 0 Å². The number of aromatic hydroxyl groups is 1. The molecule has 184 valence electrons. The van der Waals surface area contributed by atoms with Gasteiger partial charge < -0.3 is 19.3 Å². The van der Waals surface area contributed by atoms with Gasteiger partial charge in [0.05, 0.1) is 5.56 Å². The Morgan fingerprint density at radius 1 is 0.886 bits per heavy atom. The third-order valence-corrected chi connectivity index (χ3v) is 6.91. The molecule has 10 heteroatoms. The number of rotatable bonds is 6. The van der Waals surface area contributed by atoms with Crippen molar-refractivity contribution in [3.63, 3.8) is 0 Å². The molecule has 2 fully saturated rings. The fraction of sp³-hybridized carbons (Fsp3) is 0.400. The van der Waals surface area contributed by atoms with Gasteiger partial charge >= 0.3 is 5.63 Å². The van der Waals surface area contributed by atoms with Gasteiger partial charge in [-0.25, -0.2) is 14.8 Å². The number of hydrogen-bond acceptors (Lipinski definition) is 9. The van der Waals surface area contributed by atoms with Gasteiger partial charge in [-0.05, 0) is 24.3 Å². The molecule has 0 amide bonds. The maximum atomic E-state index is 12.5. The van der Waals surface area contributed by atoms with E-state index in [0.717, 1.165) is 63.1 Å². The zero-order valence-corrected chi connectivity index (χ0v) is 20.3. The molecule has 0 bridgehead atoms. The van der Waals surface area contributed by atoms with Crippen molar-refractivity contribution in [1.29, 1.82) is 0 Å². The molecular formula is C25H29ClN6O3. The van der Waals surface area contributed by atoms with Crippen LogP contribution in [0.5, 0.6) is 5.75 Å². The molecule has 0 unspecified atom stereocenters. The lowest BCUT2D eigenvalue weighted by Gasteiger charge is -2.36. The Morgan fingerprint density at radius 3 is 2.23 bits per heavy atom. The molecule has 0 aliphatic carbocycles. The molecule has 1 aromatic carbocycles. The van der Waals surface area contributed by atoms with Crippen molar-refractivity contribution >= 4 is 23.2 Å². The molecule has 35 heavy (non-hydrogen) atoms. The lowest BCUT2D eigenvalue weighted by atomic mass is 10.1. The third-order valence-electron chi connectivity index (χ3n) is 6.67. The summed E-state index contributed by atoms with van der Waals surface area (Å²) in [5.41, 5.74) is 1.61. The second kappa shape index (κ2) is 10.6. The molecule has 0 radical (unpaired) electrons. The van der Waals surface area contributed by atoms with Crippen molar-refractivity contribution in [3.05, 3.63) is 75.6 Å². The molecule has 0 atom stereocenters. The van der Waals surface area contributed by atoms with Crippen LogP contribution in [0.2, 0.25) is 5.02 Å². The highest BCUT2D eigenvalue weighted by Gasteiger charge is 2.24. The van der Waals surface area contributed by atoms with Gasteiger partial charge in [0, 0.05) is 94.1 Å². The molecule has 4 heterocycles. The summed E-state index contributed by atoms with van der Waals surface area (Å²) in [4.78, 5) is 29.9. The van der Waals surface area contributed by atoms with Crippen LogP contribution in [0.15, 0.2) is 58.2 Å². The average Bonchev–Trinajstić information content (AvgIpc) is 2.89. The average molecular weight is 497 g/mol. The van der Waals surface area contributed by atoms with Gasteiger partial charge in [0.15, 0.2) is 0 Å². The van der Waals surface area contributed by atoms with E-state index in [9.17, 15) is 9.90 Å². The Kier molecular flexibility index (Phi) is 7.17. The molecule has 9 nitrogen and oxygen atoms in total. The molecule has 0 saturated carbocycles. The quantitative estimate of drug-likeness (QED) is 0.552. The number of aromatic nitrogens is 2. The van der Waals surface area contributed by atoms with Gasteiger partial charge in [0.1, 0.15) is 12.0 Å². The highest BCUT2D eigenvalue weighted by Crippen LogP contribution is 2.25. The van der Waals surface area contributed by atoms with Crippen LogP contribution in [0.25, 0.3) is 0 Å². The molecule has 1 N–H and O–H groups in total. The monoisotopic (exact) mass is 496 g/mol. The van der Waals surface area contributed by atoms with E-state index in [1.165, 1.54) is 6.26 Å². The van der Waals surface area contributed by atoms with E-state index in [1.807, 2.05) is 18.2 Å². The second-order valence-corrected chi connectivity index (χ2v) is 9.37. The molecule has 5 rings (SSSR count). The Morgan fingerprint density at radius 2 is 1.54 bits per heavy atom. The Hall–Kier alpha value is -3.14. The van der Waals surface area contributed by atoms with Gasteiger partial charge in [-0.1, -0.05) is 17.7 Å². The number of nitrogens with zero attached hydrogens (tertiary/aromatic N) is 6. The van der Waals surface area contributed by atoms with E-state index < -0.39 is 5.63 Å². The smallest absolute Gasteiger partial charge is 0.343 e. The largest absolute Gasteiger partial charge is 0.507 e. The van der Waals surface area contributed by atoms with Crippen LogP contribution in [0.3, 0.4) is 0 Å². The summed E-state index contributed by atoms with van der Waals surface area (Å²) in [6.07, 6.45) is 4.87. The first-order valence-electron chi connectivity index (χ1n) is 11.9. The number of piperazine rings is 2. The Bertz CT molecular complexity index is 1190. The topological polar surface area (TPSA) is 89.2 Å². The summed E-state index contributed by atoms with van der Waals surface area (Å²) in [7, 11) is 0. The van der Waals surface area contributed by atoms with Crippen LogP contribution < -0.4 is 15.4 Å². The summed E-state index contributed by atoms with van der Waals surface area (Å²) in [5.74, 6) is 0.763. The van der Waals surface area contributed by atoms with Gasteiger partial charge in [0.2, 0.25) is 5.95 Å². The van der Waals surface area contributed by atoms with Crippen LogP contribution in [-0.4, -0.2) is 77.2 Å². The molecule has 2 aliphatic rings. The summed E-state index contributed by atoms with van der Waals surface area (Å²) in [5, 5.41) is 11.7. The van der Waals surface area contributed by atoms with Gasteiger partial charge in [-0.3, -0.25) is 9.80 Å². The molecular weight excluding hydrogens is 468 g/mol. The SMILES string of the molecule is O=c1occ(CN2CCN(c3cccc(Cl)c3)CC2)c(O)c1CN1CCN(c2ncccn2)CC1. The zero-order chi connectivity index (χ0) is 24.2. The number of hydrogen-bond donors (Lipinski definition) is 1. The second-order valence-electron chi connectivity index (χ2n) is 8.93.